The lowest BCUT2D eigenvalue weighted by molar-refractivity contribution is 0.102. The first kappa shape index (κ1) is 20.2. The quantitative estimate of drug-likeness (QED) is 0.456. The largest absolute Gasteiger partial charge is 0.467 e. The molecule has 0 unspecified atom stereocenters. The first-order valence-corrected chi connectivity index (χ1v) is 10.6. The van der Waals surface area contributed by atoms with Crippen molar-refractivity contribution in [3.8, 4) is 6.01 Å². The molecule has 1 fully saturated rings. The molecule has 9 heteroatoms. The van der Waals surface area contributed by atoms with Crippen LogP contribution in [0.4, 0.5) is 11.4 Å². The maximum Gasteiger partial charge on any atom is 0.316 e. The maximum absolute atomic E-state index is 13.3. The summed E-state index contributed by atoms with van der Waals surface area (Å²) in [6, 6.07) is 10.4. The van der Waals surface area contributed by atoms with E-state index in [0.29, 0.717) is 28.9 Å². The number of H-pyrrole nitrogens is 1. The van der Waals surface area contributed by atoms with Gasteiger partial charge in [-0.1, -0.05) is 6.07 Å². The summed E-state index contributed by atoms with van der Waals surface area (Å²) in [4.78, 5) is 24.5. The molecule has 3 N–H and O–H groups in total. The minimum Gasteiger partial charge on any atom is -0.467 e. The van der Waals surface area contributed by atoms with E-state index in [4.69, 9.17) is 4.74 Å². The number of fused-ring (bicyclic) bond motifs is 2. The second-order valence-electron chi connectivity index (χ2n) is 8.22. The summed E-state index contributed by atoms with van der Waals surface area (Å²) in [5.41, 5.74) is 3.57. The monoisotopic (exact) mass is 431 g/mol. The number of nitrogens with zero attached hydrogens (tertiary/aromatic N) is 4. The van der Waals surface area contributed by atoms with Gasteiger partial charge in [0.25, 0.3) is 5.91 Å². The lowest BCUT2D eigenvalue weighted by Gasteiger charge is -2.38. The Morgan fingerprint density at radius 2 is 1.94 bits per heavy atom. The first-order chi connectivity index (χ1) is 15.5. The van der Waals surface area contributed by atoms with Crippen molar-refractivity contribution in [1.29, 1.82) is 0 Å². The lowest BCUT2D eigenvalue weighted by Crippen LogP contribution is -2.54. The summed E-state index contributed by atoms with van der Waals surface area (Å²) in [6.45, 7) is 6.06. The normalized spacial score (nSPS) is 18.8. The fourth-order valence-electron chi connectivity index (χ4n) is 4.44. The highest BCUT2D eigenvalue weighted by molar-refractivity contribution is 6.15. The Bertz CT molecular complexity index is 1290. The Morgan fingerprint density at radius 1 is 1.12 bits per heavy atom. The molecule has 32 heavy (non-hydrogen) atoms. The average Bonchev–Trinajstić information content (AvgIpc) is 3.27. The molecule has 2 atom stereocenters. The van der Waals surface area contributed by atoms with Gasteiger partial charge in [-0.05, 0) is 38.1 Å². The van der Waals surface area contributed by atoms with Crippen molar-refractivity contribution in [3.63, 3.8) is 0 Å². The van der Waals surface area contributed by atoms with Crippen LogP contribution in [0.5, 0.6) is 6.01 Å². The molecule has 1 saturated heterocycles. The zero-order chi connectivity index (χ0) is 22.2. The number of anilines is 2. The van der Waals surface area contributed by atoms with Gasteiger partial charge in [0.05, 0.1) is 35.6 Å². The number of aromatic amines is 1. The van der Waals surface area contributed by atoms with Gasteiger partial charge < -0.3 is 20.3 Å². The van der Waals surface area contributed by atoms with Gasteiger partial charge in [0.2, 0.25) is 0 Å². The molecule has 5 rings (SSSR count). The maximum atomic E-state index is 13.3. The predicted octanol–water partition coefficient (Wildman–Crippen LogP) is 2.95. The van der Waals surface area contributed by atoms with Crippen LogP contribution in [0.1, 0.15) is 24.2 Å². The number of carbonyl (C=O) groups is 1. The Hall–Kier alpha value is -3.72. The Morgan fingerprint density at radius 3 is 2.72 bits per heavy atom. The lowest BCUT2D eigenvalue weighted by atomic mass is 10.0. The second-order valence-corrected chi connectivity index (χ2v) is 8.22. The molecule has 1 amide bonds. The topological polar surface area (TPSA) is 108 Å². The zero-order valence-electron chi connectivity index (χ0n) is 18.2. The van der Waals surface area contributed by atoms with E-state index in [1.807, 2.05) is 30.3 Å². The number of amides is 1. The SMILES string of the molecule is COc1ncc2c(N3C[C@@H](C)N[C@H](C)C3)ccc(C(=O)Nc3cccc4[nH]ncc34)c2n1. The van der Waals surface area contributed by atoms with Crippen molar-refractivity contribution >= 4 is 39.1 Å². The molecule has 0 aliphatic carbocycles. The molecule has 0 saturated carbocycles. The summed E-state index contributed by atoms with van der Waals surface area (Å²) in [5.74, 6) is -0.252. The van der Waals surface area contributed by atoms with Crippen LogP contribution in [-0.4, -0.2) is 58.4 Å². The smallest absolute Gasteiger partial charge is 0.316 e. The molecule has 2 aromatic heterocycles. The van der Waals surface area contributed by atoms with Crippen molar-refractivity contribution in [2.24, 2.45) is 0 Å². The van der Waals surface area contributed by atoms with Gasteiger partial charge >= 0.3 is 6.01 Å². The number of ether oxygens (including phenoxy) is 1. The van der Waals surface area contributed by atoms with Crippen molar-refractivity contribution in [3.05, 3.63) is 48.3 Å². The first-order valence-electron chi connectivity index (χ1n) is 10.6. The molecule has 4 aromatic rings. The number of carbonyl (C=O) groups excluding carboxylic acids is 1. The van der Waals surface area contributed by atoms with Crippen molar-refractivity contribution in [1.82, 2.24) is 25.5 Å². The highest BCUT2D eigenvalue weighted by Crippen LogP contribution is 2.31. The standard InChI is InChI=1S/C23H25N7O2/c1-13-11-30(12-14(2)26-13)20-8-7-15(21-17(20)9-24-23(28-21)32-3)22(31)27-18-5-4-6-19-16(18)10-25-29-19/h4-10,13-14,26H,11-12H2,1-3H3,(H,25,29)(H,27,31)/t13-,14-/m1/s1. The van der Waals surface area contributed by atoms with Crippen LogP contribution in [-0.2, 0) is 0 Å². The van der Waals surface area contributed by atoms with Crippen LogP contribution in [0, 0.1) is 0 Å². The highest BCUT2D eigenvalue weighted by Gasteiger charge is 2.24. The van der Waals surface area contributed by atoms with Crippen molar-refractivity contribution in [2.45, 2.75) is 25.9 Å². The zero-order valence-corrected chi connectivity index (χ0v) is 18.2. The Kier molecular flexibility index (Phi) is 5.10. The van der Waals surface area contributed by atoms with Crippen molar-refractivity contribution < 1.29 is 9.53 Å². The average molecular weight is 432 g/mol. The number of hydrogen-bond acceptors (Lipinski definition) is 7. The number of hydrogen-bond donors (Lipinski definition) is 3. The molecule has 9 nitrogen and oxygen atoms in total. The summed E-state index contributed by atoms with van der Waals surface area (Å²) >= 11 is 0. The van der Waals surface area contributed by atoms with E-state index in [-0.39, 0.29) is 11.9 Å². The number of benzene rings is 2. The third kappa shape index (κ3) is 3.60. The molecule has 0 spiro atoms. The fourth-order valence-corrected chi connectivity index (χ4v) is 4.44. The molecular formula is C23H25N7O2. The van der Waals surface area contributed by atoms with Gasteiger partial charge in [0, 0.05) is 47.8 Å². The van der Waals surface area contributed by atoms with E-state index in [1.54, 1.807) is 12.4 Å². The van der Waals surface area contributed by atoms with E-state index >= 15 is 0 Å². The van der Waals surface area contributed by atoms with Gasteiger partial charge in [-0.25, -0.2) is 4.98 Å². The number of nitrogens with one attached hydrogen (secondary N) is 3. The Balaban J connectivity index is 1.57. The van der Waals surface area contributed by atoms with Gasteiger partial charge in [-0.3, -0.25) is 9.89 Å². The van der Waals surface area contributed by atoms with E-state index in [0.717, 1.165) is 35.1 Å². The van der Waals surface area contributed by atoms with E-state index in [9.17, 15) is 4.79 Å². The number of methoxy groups -OCH3 is 1. The van der Waals surface area contributed by atoms with Crippen LogP contribution in [0.25, 0.3) is 21.8 Å². The minimum absolute atomic E-state index is 0.225. The minimum atomic E-state index is -0.252. The molecule has 0 radical (unpaired) electrons. The van der Waals surface area contributed by atoms with E-state index < -0.39 is 0 Å². The van der Waals surface area contributed by atoms with Crippen LogP contribution < -0.4 is 20.3 Å². The van der Waals surface area contributed by atoms with Gasteiger partial charge in [0.15, 0.2) is 0 Å². The third-order valence-corrected chi connectivity index (χ3v) is 5.76. The second kappa shape index (κ2) is 8.08. The fraction of sp³-hybridized carbons (Fsp3) is 0.304. The van der Waals surface area contributed by atoms with Crippen LogP contribution >= 0.6 is 0 Å². The van der Waals surface area contributed by atoms with Crippen LogP contribution in [0.15, 0.2) is 42.7 Å². The van der Waals surface area contributed by atoms with Gasteiger partial charge in [-0.15, -0.1) is 0 Å². The molecule has 164 valence electrons. The van der Waals surface area contributed by atoms with Gasteiger partial charge in [0.1, 0.15) is 0 Å². The molecule has 1 aliphatic rings. The molecule has 0 bridgehead atoms. The highest BCUT2D eigenvalue weighted by atomic mass is 16.5. The van der Waals surface area contributed by atoms with Crippen LogP contribution in [0.2, 0.25) is 0 Å². The summed E-state index contributed by atoms with van der Waals surface area (Å²) in [7, 11) is 1.52. The predicted molar refractivity (Wildman–Crippen MR) is 124 cm³/mol. The van der Waals surface area contributed by atoms with E-state index in [2.05, 4.69) is 49.5 Å². The number of rotatable bonds is 4. The Labute approximate surface area is 185 Å². The van der Waals surface area contributed by atoms with Crippen LogP contribution in [0.3, 0.4) is 0 Å². The summed E-state index contributed by atoms with van der Waals surface area (Å²) in [5, 5.41) is 15.2. The molecule has 2 aromatic carbocycles. The van der Waals surface area contributed by atoms with Crippen molar-refractivity contribution in [2.75, 3.05) is 30.4 Å². The molecule has 1 aliphatic heterocycles. The number of aromatic nitrogens is 4. The van der Waals surface area contributed by atoms with E-state index in [1.165, 1.54) is 7.11 Å². The molecule has 3 heterocycles. The number of piperazine rings is 1. The molecular weight excluding hydrogens is 406 g/mol. The van der Waals surface area contributed by atoms with Gasteiger partial charge in [-0.2, -0.15) is 10.1 Å². The third-order valence-electron chi connectivity index (χ3n) is 5.76. The summed E-state index contributed by atoms with van der Waals surface area (Å²) in [6.07, 6.45) is 3.44. The summed E-state index contributed by atoms with van der Waals surface area (Å²) < 4.78 is 5.25.